The Bertz CT molecular complexity index is 183. The molecule has 3 unspecified atom stereocenters. The predicted molar refractivity (Wildman–Crippen MR) is 43.0 cm³/mol. The van der Waals surface area contributed by atoms with Crippen molar-refractivity contribution in [2.24, 2.45) is 0 Å². The lowest BCUT2D eigenvalue weighted by Crippen LogP contribution is -2.56. The quantitative estimate of drug-likeness (QED) is 0.459. The van der Waals surface area contributed by atoms with Gasteiger partial charge in [-0.2, -0.15) is 0 Å². The van der Waals surface area contributed by atoms with Crippen LogP contribution < -0.4 is 0 Å². The van der Waals surface area contributed by atoms with Gasteiger partial charge in [-0.25, -0.2) is 0 Å². The monoisotopic (exact) mass is 190 g/mol. The minimum atomic E-state index is -1.24. The molecule has 1 rings (SSSR count). The van der Waals surface area contributed by atoms with Gasteiger partial charge in [-0.15, -0.1) is 0 Å². The summed E-state index contributed by atoms with van der Waals surface area (Å²) in [6.07, 6.45) is -4.18. The lowest BCUT2D eigenvalue weighted by atomic mass is 9.94. The first-order chi connectivity index (χ1) is 6.07. The maximum absolute atomic E-state index is 10.2. The zero-order valence-electron chi connectivity index (χ0n) is 7.33. The normalized spacial score (nSPS) is 46.0. The Morgan fingerprint density at radius 2 is 1.85 bits per heavy atom. The van der Waals surface area contributed by atoms with E-state index in [-0.39, 0.29) is 6.42 Å². The molecule has 0 amide bonds. The topological polar surface area (TPSA) is 87.0 Å². The predicted octanol–water partition coefficient (Wildman–Crippen LogP) is -1.55. The SMILES string of the molecule is C[C@@H]1OC(CC=O)[C@@H](O)C(O)C1O. The molecule has 5 nitrogen and oxygen atoms in total. The van der Waals surface area contributed by atoms with E-state index in [0.717, 1.165) is 0 Å². The summed E-state index contributed by atoms with van der Waals surface area (Å²) in [5, 5.41) is 28.0. The minimum Gasteiger partial charge on any atom is -0.388 e. The third-order valence-electron chi connectivity index (χ3n) is 2.28. The molecule has 5 heteroatoms. The molecule has 0 aromatic heterocycles. The first-order valence-electron chi connectivity index (χ1n) is 4.21. The molecule has 0 radical (unpaired) electrons. The highest BCUT2D eigenvalue weighted by atomic mass is 16.5. The summed E-state index contributed by atoms with van der Waals surface area (Å²) in [5.74, 6) is 0. The largest absolute Gasteiger partial charge is 0.388 e. The van der Waals surface area contributed by atoms with Crippen LogP contribution in [-0.2, 0) is 9.53 Å². The number of aliphatic hydroxyl groups excluding tert-OH is 3. The summed E-state index contributed by atoms with van der Waals surface area (Å²) in [4.78, 5) is 10.2. The number of rotatable bonds is 2. The van der Waals surface area contributed by atoms with Crippen LogP contribution in [0.2, 0.25) is 0 Å². The van der Waals surface area contributed by atoms with Crippen LogP contribution in [0.15, 0.2) is 0 Å². The third kappa shape index (κ3) is 2.05. The number of hydrogen-bond acceptors (Lipinski definition) is 5. The second-order valence-corrected chi connectivity index (χ2v) is 3.25. The molecule has 0 spiro atoms. The van der Waals surface area contributed by atoms with Gasteiger partial charge in [0.25, 0.3) is 0 Å². The van der Waals surface area contributed by atoms with E-state index in [1.165, 1.54) is 0 Å². The van der Waals surface area contributed by atoms with E-state index in [0.29, 0.717) is 6.29 Å². The van der Waals surface area contributed by atoms with Gasteiger partial charge in [-0.3, -0.25) is 0 Å². The molecule has 3 N–H and O–H groups in total. The van der Waals surface area contributed by atoms with Gasteiger partial charge >= 0.3 is 0 Å². The van der Waals surface area contributed by atoms with Crippen LogP contribution in [0.1, 0.15) is 13.3 Å². The number of aldehydes is 1. The van der Waals surface area contributed by atoms with Gasteiger partial charge in [0.15, 0.2) is 0 Å². The van der Waals surface area contributed by atoms with Gasteiger partial charge in [-0.1, -0.05) is 0 Å². The summed E-state index contributed by atoms with van der Waals surface area (Å²) < 4.78 is 5.13. The summed E-state index contributed by atoms with van der Waals surface area (Å²) in [7, 11) is 0. The summed E-state index contributed by atoms with van der Waals surface area (Å²) in [5.41, 5.74) is 0. The van der Waals surface area contributed by atoms with Crippen molar-refractivity contribution in [3.05, 3.63) is 0 Å². The molecule has 0 aromatic rings. The van der Waals surface area contributed by atoms with Crippen LogP contribution in [-0.4, -0.2) is 52.1 Å². The molecule has 5 atom stereocenters. The molecule has 1 heterocycles. The van der Waals surface area contributed by atoms with Crippen molar-refractivity contribution < 1.29 is 24.9 Å². The smallest absolute Gasteiger partial charge is 0.122 e. The lowest BCUT2D eigenvalue weighted by Gasteiger charge is -2.38. The van der Waals surface area contributed by atoms with Crippen molar-refractivity contribution >= 4 is 6.29 Å². The fourth-order valence-corrected chi connectivity index (χ4v) is 1.43. The molecule has 0 saturated carbocycles. The molecular weight excluding hydrogens is 176 g/mol. The van der Waals surface area contributed by atoms with Crippen molar-refractivity contribution in [1.29, 1.82) is 0 Å². The van der Waals surface area contributed by atoms with E-state index in [2.05, 4.69) is 0 Å². The average Bonchev–Trinajstić information content (AvgIpc) is 2.11. The number of ether oxygens (including phenoxy) is 1. The summed E-state index contributed by atoms with van der Waals surface area (Å²) >= 11 is 0. The lowest BCUT2D eigenvalue weighted by molar-refractivity contribution is -0.216. The highest BCUT2D eigenvalue weighted by molar-refractivity contribution is 5.50. The van der Waals surface area contributed by atoms with Gasteiger partial charge in [0.1, 0.15) is 24.6 Å². The molecule has 1 fully saturated rings. The molecule has 0 bridgehead atoms. The van der Waals surface area contributed by atoms with Crippen LogP contribution in [0.3, 0.4) is 0 Å². The van der Waals surface area contributed by atoms with E-state index >= 15 is 0 Å². The maximum Gasteiger partial charge on any atom is 0.122 e. The second kappa shape index (κ2) is 4.15. The number of hydrogen-bond donors (Lipinski definition) is 3. The molecule has 1 aliphatic heterocycles. The standard InChI is InChI=1S/C8H14O5/c1-4-6(10)8(12)7(11)5(13-4)2-3-9/h3-8,10-12H,2H2,1H3/t4-,5?,6?,7+,8?/m0/s1. The fourth-order valence-electron chi connectivity index (χ4n) is 1.43. The van der Waals surface area contributed by atoms with Crippen LogP contribution in [0.4, 0.5) is 0 Å². The molecule has 76 valence electrons. The number of carbonyl (C=O) groups excluding carboxylic acids is 1. The maximum atomic E-state index is 10.2. The molecule has 1 aliphatic rings. The Morgan fingerprint density at radius 3 is 2.38 bits per heavy atom. The van der Waals surface area contributed by atoms with Crippen LogP contribution in [0, 0.1) is 0 Å². The molecular formula is C8H14O5. The van der Waals surface area contributed by atoms with Crippen LogP contribution in [0.25, 0.3) is 0 Å². The molecule has 0 aliphatic carbocycles. The van der Waals surface area contributed by atoms with Crippen molar-refractivity contribution in [2.75, 3.05) is 0 Å². The molecule has 0 aromatic carbocycles. The first kappa shape index (κ1) is 10.6. The van der Waals surface area contributed by atoms with Crippen molar-refractivity contribution in [3.63, 3.8) is 0 Å². The fraction of sp³-hybridized carbons (Fsp3) is 0.875. The van der Waals surface area contributed by atoms with Gasteiger partial charge in [0, 0.05) is 6.42 Å². The van der Waals surface area contributed by atoms with Crippen molar-refractivity contribution in [1.82, 2.24) is 0 Å². The minimum absolute atomic E-state index is 0.0231. The average molecular weight is 190 g/mol. The second-order valence-electron chi connectivity index (χ2n) is 3.25. The molecule has 13 heavy (non-hydrogen) atoms. The Kier molecular flexibility index (Phi) is 3.38. The zero-order chi connectivity index (χ0) is 10.0. The van der Waals surface area contributed by atoms with E-state index in [9.17, 15) is 20.1 Å². The number of carbonyl (C=O) groups is 1. The van der Waals surface area contributed by atoms with E-state index in [1.807, 2.05) is 0 Å². The third-order valence-corrected chi connectivity index (χ3v) is 2.28. The van der Waals surface area contributed by atoms with Gasteiger partial charge in [0.05, 0.1) is 12.2 Å². The summed E-state index contributed by atoms with van der Waals surface area (Å²) in [6, 6.07) is 0. The number of aliphatic hydroxyl groups is 3. The van der Waals surface area contributed by atoms with E-state index in [1.54, 1.807) is 6.92 Å². The van der Waals surface area contributed by atoms with Gasteiger partial charge in [-0.05, 0) is 6.92 Å². The van der Waals surface area contributed by atoms with E-state index < -0.39 is 30.5 Å². The van der Waals surface area contributed by atoms with E-state index in [4.69, 9.17) is 4.74 Å². The van der Waals surface area contributed by atoms with Crippen LogP contribution in [0.5, 0.6) is 0 Å². The Balaban J connectivity index is 2.64. The highest BCUT2D eigenvalue weighted by Gasteiger charge is 2.41. The molecule has 1 saturated heterocycles. The Morgan fingerprint density at radius 1 is 1.23 bits per heavy atom. The Labute approximate surface area is 75.9 Å². The summed E-state index contributed by atoms with van der Waals surface area (Å²) in [6.45, 7) is 1.58. The van der Waals surface area contributed by atoms with Crippen molar-refractivity contribution in [2.45, 2.75) is 43.9 Å². The van der Waals surface area contributed by atoms with Crippen LogP contribution >= 0.6 is 0 Å². The first-order valence-corrected chi connectivity index (χ1v) is 4.21. The Hall–Kier alpha value is -0.490. The van der Waals surface area contributed by atoms with Crippen molar-refractivity contribution in [3.8, 4) is 0 Å². The van der Waals surface area contributed by atoms with Gasteiger partial charge in [0.2, 0.25) is 0 Å². The highest BCUT2D eigenvalue weighted by Crippen LogP contribution is 2.22. The zero-order valence-corrected chi connectivity index (χ0v) is 7.33. The van der Waals surface area contributed by atoms with Gasteiger partial charge < -0.3 is 24.9 Å².